The lowest BCUT2D eigenvalue weighted by molar-refractivity contribution is -0.0882. The lowest BCUT2D eigenvalue weighted by Crippen LogP contribution is -2.45. The van der Waals surface area contributed by atoms with Gasteiger partial charge in [-0.15, -0.1) is 0 Å². The van der Waals surface area contributed by atoms with E-state index in [-0.39, 0.29) is 0 Å². The number of aliphatic hydroxyl groups is 2. The van der Waals surface area contributed by atoms with E-state index in [0.29, 0.717) is 23.7 Å². The molecule has 0 aromatic heterocycles. The van der Waals surface area contributed by atoms with Crippen molar-refractivity contribution in [2.75, 3.05) is 0 Å². The van der Waals surface area contributed by atoms with Crippen LogP contribution in [0.2, 0.25) is 0 Å². The number of rotatable bonds is 4. The fourth-order valence-electron chi connectivity index (χ4n) is 11.1. The molecule has 176 valence electrons. The predicted octanol–water partition coefficient (Wildman–Crippen LogP) is 6.87. The molecular weight excluding hydrogens is 380 g/mol. The highest BCUT2D eigenvalue weighted by atomic mass is 16.3. The van der Waals surface area contributed by atoms with Crippen LogP contribution in [0, 0.1) is 47.3 Å². The summed E-state index contributed by atoms with van der Waals surface area (Å²) in [5.41, 5.74) is -0.827. The second-order valence-electron chi connectivity index (χ2n) is 13.1. The van der Waals surface area contributed by atoms with Crippen molar-refractivity contribution in [2.24, 2.45) is 47.3 Å². The molecule has 8 unspecified atom stereocenters. The van der Waals surface area contributed by atoms with Crippen LogP contribution >= 0.6 is 0 Å². The Hall–Kier alpha value is -0.0800. The maximum Gasteiger partial charge on any atom is 0.0709 e. The molecule has 0 heterocycles. The molecule has 0 spiro atoms. The molecule has 0 aromatic carbocycles. The fraction of sp³-hybridized carbons (Fsp3) is 1.00. The third-order valence-electron chi connectivity index (χ3n) is 12.1. The van der Waals surface area contributed by atoms with Crippen LogP contribution in [0.25, 0.3) is 0 Å². The van der Waals surface area contributed by atoms with Gasteiger partial charge in [-0.25, -0.2) is 0 Å². The Bertz CT molecular complexity index is 545. The Balaban J connectivity index is 1.19. The van der Waals surface area contributed by atoms with Crippen LogP contribution < -0.4 is 0 Å². The van der Waals surface area contributed by atoms with E-state index in [4.69, 9.17) is 0 Å². The molecule has 6 aliphatic carbocycles. The third kappa shape index (κ3) is 3.31. The van der Waals surface area contributed by atoms with Gasteiger partial charge in [0, 0.05) is 0 Å². The molecule has 2 nitrogen and oxygen atoms in total. The molecule has 0 amide bonds. The second-order valence-corrected chi connectivity index (χ2v) is 13.1. The van der Waals surface area contributed by atoms with Gasteiger partial charge in [0.2, 0.25) is 0 Å². The first-order chi connectivity index (χ1) is 15.1. The highest BCUT2D eigenvalue weighted by molar-refractivity contribution is 5.11. The number of fused-ring (bicyclic) bond motifs is 6. The zero-order valence-corrected chi connectivity index (χ0v) is 19.9. The van der Waals surface area contributed by atoms with Crippen molar-refractivity contribution < 1.29 is 10.2 Å². The highest BCUT2D eigenvalue weighted by Gasteiger charge is 2.61. The average Bonchev–Trinajstić information content (AvgIpc) is 3.23. The molecule has 2 heteroatoms. The molecule has 0 saturated heterocycles. The van der Waals surface area contributed by atoms with Crippen molar-refractivity contribution in [3.8, 4) is 0 Å². The zero-order chi connectivity index (χ0) is 21.1. The van der Waals surface area contributed by atoms with Gasteiger partial charge in [-0.3, -0.25) is 0 Å². The number of hydrogen-bond acceptors (Lipinski definition) is 2. The van der Waals surface area contributed by atoms with Gasteiger partial charge in [-0.1, -0.05) is 51.4 Å². The van der Waals surface area contributed by atoms with Crippen LogP contribution in [0.3, 0.4) is 0 Å². The lowest BCUT2D eigenvalue weighted by Gasteiger charge is -2.42. The summed E-state index contributed by atoms with van der Waals surface area (Å²) in [6, 6.07) is 0. The van der Waals surface area contributed by atoms with E-state index < -0.39 is 11.2 Å². The predicted molar refractivity (Wildman–Crippen MR) is 126 cm³/mol. The summed E-state index contributed by atoms with van der Waals surface area (Å²) in [5.74, 6) is 5.51. The Kier molecular flexibility index (Phi) is 5.74. The van der Waals surface area contributed by atoms with Gasteiger partial charge < -0.3 is 10.2 Å². The van der Waals surface area contributed by atoms with Crippen LogP contribution in [0.1, 0.15) is 122 Å². The maximum absolute atomic E-state index is 12.2. The normalized spacial score (nSPS) is 54.0. The van der Waals surface area contributed by atoms with Crippen molar-refractivity contribution in [1.29, 1.82) is 0 Å². The van der Waals surface area contributed by atoms with E-state index in [0.717, 1.165) is 42.9 Å². The minimum absolute atomic E-state index is 0.414. The molecule has 2 N–H and O–H groups in total. The summed E-state index contributed by atoms with van der Waals surface area (Å²) in [5, 5.41) is 24.4. The standard InChI is InChI=1S/C29H48O2/c30-28(24-14-5-1-10-20(24)21-11-2-6-15-25(21)28)18-9-19-29(31)26-16-7-3-12-22(26)23-13-4-8-17-27(23)29/h20-27,30-31H,1-19H2. The van der Waals surface area contributed by atoms with Crippen molar-refractivity contribution in [1.82, 2.24) is 0 Å². The molecular formula is C29H48O2. The van der Waals surface area contributed by atoms with E-state index in [2.05, 4.69) is 0 Å². The van der Waals surface area contributed by atoms with Gasteiger partial charge in [-0.2, -0.15) is 0 Å². The Morgan fingerprint density at radius 2 is 0.677 bits per heavy atom. The zero-order valence-electron chi connectivity index (χ0n) is 19.9. The Labute approximate surface area is 191 Å². The van der Waals surface area contributed by atoms with E-state index in [1.807, 2.05) is 0 Å². The minimum Gasteiger partial charge on any atom is -0.389 e. The molecule has 6 aliphatic rings. The van der Waals surface area contributed by atoms with E-state index >= 15 is 0 Å². The largest absolute Gasteiger partial charge is 0.389 e. The van der Waals surface area contributed by atoms with Crippen LogP contribution in [0.15, 0.2) is 0 Å². The smallest absolute Gasteiger partial charge is 0.0709 e. The molecule has 6 fully saturated rings. The van der Waals surface area contributed by atoms with Crippen molar-refractivity contribution >= 4 is 0 Å². The third-order valence-corrected chi connectivity index (χ3v) is 12.1. The van der Waals surface area contributed by atoms with Gasteiger partial charge >= 0.3 is 0 Å². The summed E-state index contributed by atoms with van der Waals surface area (Å²) in [6.45, 7) is 0. The van der Waals surface area contributed by atoms with Crippen molar-refractivity contribution in [2.45, 2.75) is 133 Å². The molecule has 0 aromatic rings. The molecule has 0 radical (unpaired) electrons. The quantitative estimate of drug-likeness (QED) is 0.513. The first-order valence-electron chi connectivity index (χ1n) is 14.6. The molecule has 8 atom stereocenters. The summed E-state index contributed by atoms with van der Waals surface area (Å²) in [7, 11) is 0. The van der Waals surface area contributed by atoms with Gasteiger partial charge in [-0.05, 0) is 118 Å². The topological polar surface area (TPSA) is 40.5 Å². The van der Waals surface area contributed by atoms with E-state index in [1.54, 1.807) is 0 Å². The Morgan fingerprint density at radius 3 is 0.968 bits per heavy atom. The van der Waals surface area contributed by atoms with Crippen LogP contribution in [-0.4, -0.2) is 21.4 Å². The molecule has 0 aliphatic heterocycles. The number of hydrogen-bond donors (Lipinski definition) is 2. The van der Waals surface area contributed by atoms with Gasteiger partial charge in [0.15, 0.2) is 0 Å². The van der Waals surface area contributed by atoms with E-state index in [1.165, 1.54) is 103 Å². The van der Waals surface area contributed by atoms with Crippen LogP contribution in [0.5, 0.6) is 0 Å². The summed E-state index contributed by atoms with van der Waals surface area (Å²) < 4.78 is 0. The lowest BCUT2D eigenvalue weighted by atomic mass is 9.69. The summed E-state index contributed by atoms with van der Waals surface area (Å²) in [6.07, 6.45) is 24.5. The summed E-state index contributed by atoms with van der Waals surface area (Å²) >= 11 is 0. The van der Waals surface area contributed by atoms with Gasteiger partial charge in [0.1, 0.15) is 0 Å². The second kappa shape index (κ2) is 8.30. The Morgan fingerprint density at radius 1 is 0.419 bits per heavy atom. The van der Waals surface area contributed by atoms with Gasteiger partial charge in [0.25, 0.3) is 0 Å². The minimum atomic E-state index is -0.414. The first-order valence-corrected chi connectivity index (χ1v) is 14.6. The SMILES string of the molecule is OC1(CCCC2(O)C3CCCCC3C3CCCCC32)C2CCCCC2C2CCCCC21. The van der Waals surface area contributed by atoms with E-state index in [9.17, 15) is 10.2 Å². The molecule has 0 bridgehead atoms. The van der Waals surface area contributed by atoms with Crippen molar-refractivity contribution in [3.63, 3.8) is 0 Å². The monoisotopic (exact) mass is 428 g/mol. The molecule has 6 saturated carbocycles. The molecule has 6 rings (SSSR count). The first kappa shape index (κ1) is 21.5. The highest BCUT2D eigenvalue weighted by Crippen LogP contribution is 2.63. The fourth-order valence-corrected chi connectivity index (χ4v) is 11.1. The average molecular weight is 429 g/mol. The maximum atomic E-state index is 12.2. The van der Waals surface area contributed by atoms with Gasteiger partial charge in [0.05, 0.1) is 11.2 Å². The van der Waals surface area contributed by atoms with Crippen LogP contribution in [0.4, 0.5) is 0 Å². The van der Waals surface area contributed by atoms with Crippen molar-refractivity contribution in [3.05, 3.63) is 0 Å². The van der Waals surface area contributed by atoms with Crippen LogP contribution in [-0.2, 0) is 0 Å². The molecule has 31 heavy (non-hydrogen) atoms. The summed E-state index contributed by atoms with van der Waals surface area (Å²) in [4.78, 5) is 0.